The monoisotopic (exact) mass is 296 g/mol. The number of rotatable bonds is 6. The molecule has 0 spiro atoms. The quantitative estimate of drug-likeness (QED) is 0.734. The van der Waals surface area contributed by atoms with Crippen LogP contribution in [0, 0.1) is 13.8 Å². The van der Waals surface area contributed by atoms with Gasteiger partial charge in [-0.15, -0.1) is 0 Å². The third-order valence-electron chi connectivity index (χ3n) is 4.38. The molecule has 2 heterocycles. The van der Waals surface area contributed by atoms with Gasteiger partial charge in [0.15, 0.2) is 0 Å². The van der Waals surface area contributed by atoms with Crippen molar-refractivity contribution in [2.24, 2.45) is 0 Å². The molecule has 0 saturated heterocycles. The fourth-order valence-electron chi connectivity index (χ4n) is 2.88. The highest BCUT2D eigenvalue weighted by Gasteiger charge is 2.07. The minimum atomic E-state index is 0.428. The van der Waals surface area contributed by atoms with Crippen molar-refractivity contribution in [1.29, 1.82) is 0 Å². The van der Waals surface area contributed by atoms with Crippen molar-refractivity contribution in [1.82, 2.24) is 19.9 Å². The number of para-hydroxylation sites is 1. The first-order valence-corrected chi connectivity index (χ1v) is 7.92. The lowest BCUT2D eigenvalue weighted by Gasteiger charge is -2.15. The summed E-state index contributed by atoms with van der Waals surface area (Å²) in [6.45, 7) is 8.35. The molecule has 1 aromatic carbocycles. The third-order valence-corrected chi connectivity index (χ3v) is 4.38. The molecular weight excluding hydrogens is 272 g/mol. The van der Waals surface area contributed by atoms with E-state index in [0.29, 0.717) is 6.04 Å². The Balaban J connectivity index is 1.53. The fraction of sp³-hybridized carbons (Fsp3) is 0.389. The van der Waals surface area contributed by atoms with Crippen molar-refractivity contribution >= 4 is 10.9 Å². The summed E-state index contributed by atoms with van der Waals surface area (Å²) in [5.74, 6) is 0. The van der Waals surface area contributed by atoms with Crippen molar-refractivity contribution < 1.29 is 0 Å². The van der Waals surface area contributed by atoms with Crippen molar-refractivity contribution in [3.63, 3.8) is 0 Å². The first kappa shape index (κ1) is 14.9. The van der Waals surface area contributed by atoms with Crippen LogP contribution in [0.25, 0.3) is 10.9 Å². The Morgan fingerprint density at radius 2 is 2.09 bits per heavy atom. The maximum atomic E-state index is 4.36. The molecule has 0 amide bonds. The zero-order chi connectivity index (χ0) is 15.5. The van der Waals surface area contributed by atoms with E-state index in [0.717, 1.165) is 25.2 Å². The van der Waals surface area contributed by atoms with E-state index in [1.807, 2.05) is 6.33 Å². The SMILES string of the molecule is Cc1ncn(CC(C)NCCc2c[nH]c3ccccc23)c1C. The van der Waals surface area contributed by atoms with Gasteiger partial charge in [-0.1, -0.05) is 18.2 Å². The number of aromatic nitrogens is 3. The minimum absolute atomic E-state index is 0.428. The van der Waals surface area contributed by atoms with E-state index in [1.165, 1.54) is 22.2 Å². The second-order valence-corrected chi connectivity index (χ2v) is 6.03. The van der Waals surface area contributed by atoms with Gasteiger partial charge >= 0.3 is 0 Å². The molecule has 4 nitrogen and oxygen atoms in total. The van der Waals surface area contributed by atoms with Gasteiger partial charge in [0.2, 0.25) is 0 Å². The molecule has 22 heavy (non-hydrogen) atoms. The van der Waals surface area contributed by atoms with Crippen LogP contribution in [0.4, 0.5) is 0 Å². The number of aromatic amines is 1. The van der Waals surface area contributed by atoms with Crippen LogP contribution >= 0.6 is 0 Å². The maximum Gasteiger partial charge on any atom is 0.0951 e. The normalized spacial score (nSPS) is 12.9. The predicted octanol–water partition coefficient (Wildman–Crippen LogP) is 3.20. The molecule has 0 aliphatic heterocycles. The summed E-state index contributed by atoms with van der Waals surface area (Å²) in [5, 5.41) is 4.94. The number of hydrogen-bond acceptors (Lipinski definition) is 2. The third kappa shape index (κ3) is 3.07. The van der Waals surface area contributed by atoms with Crippen LogP contribution in [-0.4, -0.2) is 27.1 Å². The largest absolute Gasteiger partial charge is 0.361 e. The van der Waals surface area contributed by atoms with Gasteiger partial charge in [0.05, 0.1) is 12.0 Å². The lowest BCUT2D eigenvalue weighted by molar-refractivity contribution is 0.475. The zero-order valence-corrected chi connectivity index (χ0v) is 13.6. The molecule has 0 fully saturated rings. The van der Waals surface area contributed by atoms with E-state index in [2.05, 4.69) is 71.1 Å². The first-order valence-electron chi connectivity index (χ1n) is 7.92. The molecule has 0 saturated carbocycles. The number of nitrogens with one attached hydrogen (secondary N) is 2. The molecule has 0 bridgehead atoms. The van der Waals surface area contributed by atoms with E-state index < -0.39 is 0 Å². The highest BCUT2D eigenvalue weighted by atomic mass is 15.1. The van der Waals surface area contributed by atoms with E-state index in [-0.39, 0.29) is 0 Å². The van der Waals surface area contributed by atoms with Crippen LogP contribution in [0.5, 0.6) is 0 Å². The van der Waals surface area contributed by atoms with Crippen molar-refractivity contribution in [2.45, 2.75) is 39.8 Å². The molecule has 116 valence electrons. The lowest BCUT2D eigenvalue weighted by Crippen LogP contribution is -2.32. The Morgan fingerprint density at radius 1 is 1.27 bits per heavy atom. The Bertz CT molecular complexity index is 753. The number of nitrogens with zero attached hydrogens (tertiary/aromatic N) is 2. The molecule has 2 aromatic heterocycles. The number of hydrogen-bond donors (Lipinski definition) is 2. The van der Waals surface area contributed by atoms with Crippen LogP contribution in [-0.2, 0) is 13.0 Å². The molecule has 0 radical (unpaired) electrons. The highest BCUT2D eigenvalue weighted by molar-refractivity contribution is 5.83. The second kappa shape index (κ2) is 6.36. The molecule has 2 N–H and O–H groups in total. The fourth-order valence-corrected chi connectivity index (χ4v) is 2.88. The molecule has 1 unspecified atom stereocenters. The van der Waals surface area contributed by atoms with Crippen LogP contribution in [0.1, 0.15) is 23.9 Å². The molecule has 3 aromatic rings. The van der Waals surface area contributed by atoms with Gasteiger partial charge in [0, 0.05) is 35.4 Å². The van der Waals surface area contributed by atoms with Gasteiger partial charge in [0.25, 0.3) is 0 Å². The van der Waals surface area contributed by atoms with Gasteiger partial charge in [0.1, 0.15) is 0 Å². The maximum absolute atomic E-state index is 4.36. The highest BCUT2D eigenvalue weighted by Crippen LogP contribution is 2.17. The van der Waals surface area contributed by atoms with Gasteiger partial charge in [-0.3, -0.25) is 0 Å². The van der Waals surface area contributed by atoms with Gasteiger partial charge in [-0.05, 0) is 45.4 Å². The van der Waals surface area contributed by atoms with E-state index >= 15 is 0 Å². The van der Waals surface area contributed by atoms with Gasteiger partial charge in [-0.25, -0.2) is 4.98 Å². The summed E-state index contributed by atoms with van der Waals surface area (Å²) < 4.78 is 2.22. The molecule has 0 aliphatic carbocycles. The first-order chi connectivity index (χ1) is 10.6. The number of benzene rings is 1. The minimum Gasteiger partial charge on any atom is -0.361 e. The number of imidazole rings is 1. The smallest absolute Gasteiger partial charge is 0.0951 e. The van der Waals surface area contributed by atoms with Crippen LogP contribution in [0.2, 0.25) is 0 Å². The Labute approximate surface area is 131 Å². The van der Waals surface area contributed by atoms with Gasteiger partial charge in [-0.2, -0.15) is 0 Å². The predicted molar refractivity (Wildman–Crippen MR) is 91.2 cm³/mol. The average Bonchev–Trinajstić information content (AvgIpc) is 3.06. The van der Waals surface area contributed by atoms with Crippen LogP contribution < -0.4 is 5.32 Å². The number of H-pyrrole nitrogens is 1. The molecule has 1 atom stereocenters. The number of fused-ring (bicyclic) bond motifs is 1. The second-order valence-electron chi connectivity index (χ2n) is 6.03. The summed E-state index contributed by atoms with van der Waals surface area (Å²) >= 11 is 0. The van der Waals surface area contributed by atoms with Crippen molar-refractivity contribution in [3.8, 4) is 0 Å². The standard InChI is InChI=1S/C18H24N4/c1-13(11-22-12-21-14(2)15(22)3)19-9-8-16-10-20-18-7-5-4-6-17(16)18/h4-7,10,12-13,19-20H,8-9,11H2,1-3H3. The summed E-state index contributed by atoms with van der Waals surface area (Å²) in [6, 6.07) is 8.90. The molecular formula is C18H24N4. The number of aryl methyl sites for hydroxylation is 1. The van der Waals surface area contributed by atoms with Crippen molar-refractivity contribution in [2.75, 3.05) is 6.54 Å². The molecule has 0 aliphatic rings. The Morgan fingerprint density at radius 3 is 2.86 bits per heavy atom. The summed E-state index contributed by atoms with van der Waals surface area (Å²) in [5.41, 5.74) is 4.97. The molecule has 4 heteroatoms. The Kier molecular flexibility index (Phi) is 4.29. The summed E-state index contributed by atoms with van der Waals surface area (Å²) in [4.78, 5) is 7.69. The average molecular weight is 296 g/mol. The topological polar surface area (TPSA) is 45.6 Å². The van der Waals surface area contributed by atoms with E-state index in [1.54, 1.807) is 0 Å². The summed E-state index contributed by atoms with van der Waals surface area (Å²) in [6.07, 6.45) is 5.10. The lowest BCUT2D eigenvalue weighted by atomic mass is 10.1. The van der Waals surface area contributed by atoms with E-state index in [4.69, 9.17) is 0 Å². The zero-order valence-electron chi connectivity index (χ0n) is 13.6. The van der Waals surface area contributed by atoms with Crippen molar-refractivity contribution in [3.05, 3.63) is 53.7 Å². The van der Waals surface area contributed by atoms with E-state index in [9.17, 15) is 0 Å². The van der Waals surface area contributed by atoms with Crippen LogP contribution in [0.3, 0.4) is 0 Å². The van der Waals surface area contributed by atoms with Gasteiger partial charge < -0.3 is 14.9 Å². The summed E-state index contributed by atoms with van der Waals surface area (Å²) in [7, 11) is 0. The Hall–Kier alpha value is -2.07. The van der Waals surface area contributed by atoms with Crippen LogP contribution in [0.15, 0.2) is 36.8 Å². The molecule has 3 rings (SSSR count).